The van der Waals surface area contributed by atoms with Gasteiger partial charge in [0, 0.05) is 24.8 Å². The second-order valence-electron chi connectivity index (χ2n) is 6.29. The van der Waals surface area contributed by atoms with Gasteiger partial charge < -0.3 is 4.90 Å². The lowest BCUT2D eigenvalue weighted by atomic mass is 9.96. The van der Waals surface area contributed by atoms with Crippen molar-refractivity contribution in [1.82, 2.24) is 4.72 Å². The Bertz CT molecular complexity index is 963. The Hall–Kier alpha value is -1.96. The number of sulfonamides is 1. The Morgan fingerprint density at radius 2 is 1.85 bits per heavy atom. The zero-order valence-electron chi connectivity index (χ0n) is 14.3. The molecule has 5 nitrogen and oxygen atoms in total. The summed E-state index contributed by atoms with van der Waals surface area (Å²) in [6, 6.07) is 10.4. The molecule has 1 aliphatic heterocycles. The highest BCUT2D eigenvalue weighted by molar-refractivity contribution is 7.89. The first-order chi connectivity index (χ1) is 12.1. The van der Waals surface area contributed by atoms with Crippen LogP contribution >= 0.6 is 11.6 Å². The molecule has 0 saturated heterocycles. The van der Waals surface area contributed by atoms with Crippen molar-refractivity contribution >= 4 is 33.2 Å². The van der Waals surface area contributed by atoms with Crippen LogP contribution in [-0.2, 0) is 19.7 Å². The third-order valence-corrected chi connectivity index (χ3v) is 6.51. The number of alkyl halides is 1. The minimum Gasteiger partial charge on any atom is -0.313 e. The van der Waals surface area contributed by atoms with E-state index >= 15 is 0 Å². The van der Waals surface area contributed by atoms with E-state index in [1.54, 1.807) is 19.2 Å². The van der Waals surface area contributed by atoms with Crippen molar-refractivity contribution < 1.29 is 17.6 Å². The van der Waals surface area contributed by atoms with E-state index in [2.05, 4.69) is 4.72 Å². The number of carbonyl (C=O) groups excluding carboxylic acids is 1. The van der Waals surface area contributed by atoms with Gasteiger partial charge in [0.25, 0.3) is 5.91 Å². The molecule has 8 heteroatoms. The largest absolute Gasteiger partial charge is 0.313 e. The molecule has 0 radical (unpaired) electrons. The van der Waals surface area contributed by atoms with Gasteiger partial charge in [0.05, 0.1) is 4.90 Å². The molecule has 3 rings (SSSR count). The van der Waals surface area contributed by atoms with Crippen molar-refractivity contribution in [2.24, 2.45) is 0 Å². The van der Waals surface area contributed by atoms with Crippen molar-refractivity contribution in [2.75, 3.05) is 18.5 Å². The predicted octanol–water partition coefficient (Wildman–Crippen LogP) is 2.91. The standard InChI is InChI=1S/C18H18ClFN2O3S/c1-12-3-6-14(7-4-12)26(24,25)21-10-9-18(19)15-11-13(20)5-8-16(15)22(2)17(18)23/h3-8,11,21H,9-10H2,1-2H3. The maximum absolute atomic E-state index is 13.6. The summed E-state index contributed by atoms with van der Waals surface area (Å²) in [5, 5.41) is 0. The number of rotatable bonds is 5. The van der Waals surface area contributed by atoms with Crippen LogP contribution in [0.2, 0.25) is 0 Å². The number of fused-ring (bicyclic) bond motifs is 1. The Labute approximate surface area is 156 Å². The molecule has 0 fully saturated rings. The van der Waals surface area contributed by atoms with Gasteiger partial charge >= 0.3 is 0 Å². The number of nitrogens with zero attached hydrogens (tertiary/aromatic N) is 1. The van der Waals surface area contributed by atoms with Crippen LogP contribution in [0.5, 0.6) is 0 Å². The minimum absolute atomic E-state index is 0.000721. The Morgan fingerprint density at radius 3 is 2.50 bits per heavy atom. The lowest BCUT2D eigenvalue weighted by Crippen LogP contribution is -2.37. The van der Waals surface area contributed by atoms with Crippen LogP contribution in [0, 0.1) is 12.7 Å². The van der Waals surface area contributed by atoms with Gasteiger partial charge in [0.15, 0.2) is 4.87 Å². The van der Waals surface area contributed by atoms with Crippen LogP contribution in [0.3, 0.4) is 0 Å². The molecule has 1 amide bonds. The fourth-order valence-corrected chi connectivity index (χ4v) is 4.41. The number of halogens is 2. The highest BCUT2D eigenvalue weighted by atomic mass is 35.5. The minimum atomic E-state index is -3.72. The van der Waals surface area contributed by atoms with Crippen LogP contribution in [-0.4, -0.2) is 27.9 Å². The summed E-state index contributed by atoms with van der Waals surface area (Å²) in [5.74, 6) is -0.911. The summed E-state index contributed by atoms with van der Waals surface area (Å²) in [5.41, 5.74) is 1.82. The van der Waals surface area contributed by atoms with Gasteiger partial charge in [-0.2, -0.15) is 0 Å². The molecule has 2 aromatic carbocycles. The lowest BCUT2D eigenvalue weighted by molar-refractivity contribution is -0.120. The van der Waals surface area contributed by atoms with Crippen LogP contribution in [0.4, 0.5) is 10.1 Å². The van der Waals surface area contributed by atoms with Gasteiger partial charge in [-0.25, -0.2) is 17.5 Å². The molecule has 0 bridgehead atoms. The Balaban J connectivity index is 1.78. The molecular formula is C18H18ClFN2O3S. The zero-order valence-corrected chi connectivity index (χ0v) is 15.9. The second-order valence-corrected chi connectivity index (χ2v) is 8.70. The Kier molecular flexibility index (Phi) is 4.81. The maximum Gasteiger partial charge on any atom is 0.252 e. The Morgan fingerprint density at radius 1 is 1.19 bits per heavy atom. The van der Waals surface area contributed by atoms with Gasteiger partial charge in [-0.1, -0.05) is 17.7 Å². The highest BCUT2D eigenvalue weighted by Crippen LogP contribution is 2.46. The quantitative estimate of drug-likeness (QED) is 0.790. The monoisotopic (exact) mass is 396 g/mol. The van der Waals surface area contributed by atoms with E-state index in [9.17, 15) is 17.6 Å². The summed E-state index contributed by atoms with van der Waals surface area (Å²) in [6.07, 6.45) is -0.000721. The molecule has 26 heavy (non-hydrogen) atoms. The first-order valence-electron chi connectivity index (χ1n) is 7.98. The molecule has 1 N–H and O–H groups in total. The molecule has 1 aliphatic rings. The number of hydrogen-bond donors (Lipinski definition) is 1. The number of aryl methyl sites for hydroxylation is 1. The summed E-state index contributed by atoms with van der Waals surface area (Å²) in [6.45, 7) is 1.80. The van der Waals surface area contributed by atoms with E-state index in [0.29, 0.717) is 11.3 Å². The van der Waals surface area contributed by atoms with Crippen LogP contribution < -0.4 is 9.62 Å². The molecule has 0 aliphatic carbocycles. The number of likely N-dealkylation sites (N-methyl/N-ethyl adjacent to an activating group) is 1. The van der Waals surface area contributed by atoms with E-state index in [-0.39, 0.29) is 17.9 Å². The molecular weight excluding hydrogens is 379 g/mol. The summed E-state index contributed by atoms with van der Waals surface area (Å²) >= 11 is 6.52. The fraction of sp³-hybridized carbons (Fsp3) is 0.278. The number of nitrogens with one attached hydrogen (secondary N) is 1. The molecule has 0 aromatic heterocycles. The maximum atomic E-state index is 13.6. The second kappa shape index (κ2) is 6.64. The van der Waals surface area contributed by atoms with Crippen LogP contribution in [0.15, 0.2) is 47.4 Å². The van der Waals surface area contributed by atoms with E-state index in [1.165, 1.54) is 35.2 Å². The topological polar surface area (TPSA) is 66.5 Å². The summed E-state index contributed by atoms with van der Waals surface area (Å²) < 4.78 is 40.8. The van der Waals surface area contributed by atoms with E-state index in [1.807, 2.05) is 6.92 Å². The van der Waals surface area contributed by atoms with Crippen molar-refractivity contribution in [2.45, 2.75) is 23.1 Å². The molecule has 138 valence electrons. The lowest BCUT2D eigenvalue weighted by Gasteiger charge is -2.21. The first kappa shape index (κ1) is 18.8. The molecule has 2 aromatic rings. The SMILES string of the molecule is Cc1ccc(S(=O)(=O)NCCC2(Cl)C(=O)N(C)c3ccc(F)cc32)cc1. The van der Waals surface area contributed by atoms with Crippen molar-refractivity contribution in [1.29, 1.82) is 0 Å². The van der Waals surface area contributed by atoms with E-state index in [4.69, 9.17) is 11.6 Å². The summed E-state index contributed by atoms with van der Waals surface area (Å²) in [7, 11) is -2.16. The first-order valence-corrected chi connectivity index (χ1v) is 9.85. The third-order valence-electron chi connectivity index (χ3n) is 4.48. The number of benzene rings is 2. The molecule has 0 saturated carbocycles. The smallest absolute Gasteiger partial charge is 0.252 e. The van der Waals surface area contributed by atoms with Gasteiger partial charge in [-0.05, 0) is 43.7 Å². The van der Waals surface area contributed by atoms with E-state index < -0.39 is 26.6 Å². The highest BCUT2D eigenvalue weighted by Gasteiger charge is 2.48. The number of hydrogen-bond acceptors (Lipinski definition) is 3. The summed E-state index contributed by atoms with van der Waals surface area (Å²) in [4.78, 5) is 12.5. The molecule has 0 spiro atoms. The van der Waals surface area contributed by atoms with E-state index in [0.717, 1.165) is 5.56 Å². The fourth-order valence-electron chi connectivity index (χ4n) is 3.01. The third kappa shape index (κ3) is 3.22. The van der Waals surface area contributed by atoms with Gasteiger partial charge in [-0.15, -0.1) is 11.6 Å². The van der Waals surface area contributed by atoms with Crippen molar-refractivity contribution in [3.63, 3.8) is 0 Å². The van der Waals surface area contributed by atoms with Crippen molar-refractivity contribution in [3.8, 4) is 0 Å². The average molecular weight is 397 g/mol. The molecule has 1 atom stereocenters. The van der Waals surface area contributed by atoms with Crippen molar-refractivity contribution in [3.05, 3.63) is 59.4 Å². The molecule has 1 heterocycles. The van der Waals surface area contributed by atoms with Gasteiger partial charge in [0.1, 0.15) is 5.82 Å². The number of amides is 1. The normalized spacial score (nSPS) is 19.7. The molecule has 1 unspecified atom stereocenters. The zero-order chi connectivity index (χ0) is 19.1. The van der Waals surface area contributed by atoms with Crippen LogP contribution in [0.25, 0.3) is 0 Å². The predicted molar refractivity (Wildman–Crippen MR) is 98.3 cm³/mol. The van der Waals surface area contributed by atoms with Crippen LogP contribution in [0.1, 0.15) is 17.5 Å². The average Bonchev–Trinajstić information content (AvgIpc) is 2.77. The number of carbonyl (C=O) groups is 1. The van der Waals surface area contributed by atoms with Gasteiger partial charge in [-0.3, -0.25) is 4.79 Å². The van der Waals surface area contributed by atoms with Gasteiger partial charge in [0.2, 0.25) is 10.0 Å². The number of anilines is 1.